The van der Waals surface area contributed by atoms with E-state index >= 15 is 0 Å². The van der Waals surface area contributed by atoms with Crippen LogP contribution in [-0.4, -0.2) is 32.7 Å². The second kappa shape index (κ2) is 8.01. The Balaban J connectivity index is 1.50. The first-order valence-electron chi connectivity index (χ1n) is 8.55. The van der Waals surface area contributed by atoms with Gasteiger partial charge in [-0.3, -0.25) is 4.79 Å². The van der Waals surface area contributed by atoms with Gasteiger partial charge in [0.15, 0.2) is 0 Å². The van der Waals surface area contributed by atoms with E-state index < -0.39 is 0 Å². The molecule has 0 spiro atoms. The Kier molecular flexibility index (Phi) is 5.53. The van der Waals surface area contributed by atoms with Gasteiger partial charge in [0.25, 0.3) is 0 Å². The smallest absolute Gasteiger partial charge is 0.224 e. The second-order valence-electron chi connectivity index (χ2n) is 6.34. The van der Waals surface area contributed by atoms with Gasteiger partial charge in [-0.15, -0.1) is 0 Å². The maximum absolute atomic E-state index is 13.6. The van der Waals surface area contributed by atoms with Crippen LogP contribution in [0.4, 0.5) is 10.1 Å². The topological polar surface area (TPSA) is 41.6 Å². The standard InChI is InChI=1S/C20H23FN2O2/c1-25-19-9-5-4-8-18(19)23-11-10-15(14-23)13-22-20(24)12-16-6-2-3-7-17(16)21/h2-9,15H,10-14H2,1H3,(H,22,24)/t15-/m1/s1. The van der Waals surface area contributed by atoms with Gasteiger partial charge in [-0.05, 0) is 36.1 Å². The molecule has 0 aromatic heterocycles. The minimum Gasteiger partial charge on any atom is -0.495 e. The third-order valence-electron chi connectivity index (χ3n) is 4.61. The van der Waals surface area contributed by atoms with Gasteiger partial charge < -0.3 is 15.0 Å². The Morgan fingerprint density at radius 1 is 1.24 bits per heavy atom. The van der Waals surface area contributed by atoms with Crippen LogP contribution in [0.5, 0.6) is 5.75 Å². The van der Waals surface area contributed by atoms with Crippen molar-refractivity contribution >= 4 is 11.6 Å². The van der Waals surface area contributed by atoms with Crippen molar-refractivity contribution in [1.29, 1.82) is 0 Å². The fourth-order valence-corrected chi connectivity index (χ4v) is 3.24. The van der Waals surface area contributed by atoms with E-state index in [1.54, 1.807) is 25.3 Å². The highest BCUT2D eigenvalue weighted by Crippen LogP contribution is 2.31. The van der Waals surface area contributed by atoms with Gasteiger partial charge in [-0.1, -0.05) is 30.3 Å². The quantitative estimate of drug-likeness (QED) is 0.877. The number of ether oxygens (including phenoxy) is 1. The minimum atomic E-state index is -0.333. The van der Waals surface area contributed by atoms with E-state index in [2.05, 4.69) is 16.3 Å². The molecule has 1 heterocycles. The molecule has 3 rings (SSSR count). The Morgan fingerprint density at radius 3 is 2.80 bits per heavy atom. The highest BCUT2D eigenvalue weighted by atomic mass is 19.1. The number of hydrogen-bond donors (Lipinski definition) is 1. The lowest BCUT2D eigenvalue weighted by Gasteiger charge is -2.21. The summed E-state index contributed by atoms with van der Waals surface area (Å²) in [7, 11) is 1.68. The van der Waals surface area contributed by atoms with Crippen molar-refractivity contribution in [2.45, 2.75) is 12.8 Å². The number of nitrogens with zero attached hydrogens (tertiary/aromatic N) is 1. The summed E-state index contributed by atoms with van der Waals surface area (Å²) in [6, 6.07) is 14.4. The number of rotatable bonds is 6. The van der Waals surface area contributed by atoms with Crippen LogP contribution in [0.15, 0.2) is 48.5 Å². The van der Waals surface area contributed by atoms with Crippen molar-refractivity contribution in [3.8, 4) is 5.75 Å². The molecular formula is C20H23FN2O2. The molecule has 1 N–H and O–H groups in total. The maximum atomic E-state index is 13.6. The van der Waals surface area contributed by atoms with E-state index in [0.717, 1.165) is 30.9 Å². The highest BCUT2D eigenvalue weighted by molar-refractivity contribution is 5.78. The fraction of sp³-hybridized carbons (Fsp3) is 0.350. The molecule has 1 fully saturated rings. The third kappa shape index (κ3) is 4.29. The average molecular weight is 342 g/mol. The number of hydrogen-bond acceptors (Lipinski definition) is 3. The fourth-order valence-electron chi connectivity index (χ4n) is 3.24. The van der Waals surface area contributed by atoms with Gasteiger partial charge in [-0.25, -0.2) is 4.39 Å². The molecule has 2 aromatic carbocycles. The Labute approximate surface area is 147 Å². The molecule has 1 saturated heterocycles. The van der Waals surface area contributed by atoms with Gasteiger partial charge in [-0.2, -0.15) is 0 Å². The summed E-state index contributed by atoms with van der Waals surface area (Å²) in [5.41, 5.74) is 1.52. The molecule has 4 nitrogen and oxygen atoms in total. The molecular weight excluding hydrogens is 319 g/mol. The first-order chi connectivity index (χ1) is 12.2. The van der Waals surface area contributed by atoms with Gasteiger partial charge >= 0.3 is 0 Å². The largest absolute Gasteiger partial charge is 0.495 e. The lowest BCUT2D eigenvalue weighted by Crippen LogP contribution is -2.32. The molecule has 0 bridgehead atoms. The van der Waals surface area contributed by atoms with Gasteiger partial charge in [0.2, 0.25) is 5.91 Å². The summed E-state index contributed by atoms with van der Waals surface area (Å²) >= 11 is 0. The number of carbonyl (C=O) groups excluding carboxylic acids is 1. The van der Waals surface area contributed by atoms with Gasteiger partial charge in [0.1, 0.15) is 11.6 Å². The van der Waals surface area contributed by atoms with Crippen LogP contribution < -0.4 is 15.0 Å². The number of amides is 1. The number of para-hydroxylation sites is 2. The average Bonchev–Trinajstić information content (AvgIpc) is 3.11. The van der Waals surface area contributed by atoms with Crippen molar-refractivity contribution in [3.05, 3.63) is 59.9 Å². The minimum absolute atomic E-state index is 0.0790. The maximum Gasteiger partial charge on any atom is 0.224 e. The highest BCUT2D eigenvalue weighted by Gasteiger charge is 2.24. The lowest BCUT2D eigenvalue weighted by atomic mass is 10.1. The van der Waals surface area contributed by atoms with E-state index in [9.17, 15) is 9.18 Å². The monoisotopic (exact) mass is 342 g/mol. The van der Waals surface area contributed by atoms with Crippen LogP contribution in [0.3, 0.4) is 0 Å². The van der Waals surface area contributed by atoms with E-state index in [1.807, 2.05) is 18.2 Å². The van der Waals surface area contributed by atoms with Gasteiger partial charge in [0.05, 0.1) is 19.2 Å². The number of anilines is 1. The molecule has 1 atom stereocenters. The molecule has 1 amide bonds. The van der Waals surface area contributed by atoms with Crippen LogP contribution in [0.25, 0.3) is 0 Å². The van der Waals surface area contributed by atoms with E-state index in [4.69, 9.17) is 4.74 Å². The van der Waals surface area contributed by atoms with Crippen LogP contribution in [0.2, 0.25) is 0 Å². The van der Waals surface area contributed by atoms with E-state index in [0.29, 0.717) is 18.0 Å². The summed E-state index contributed by atoms with van der Waals surface area (Å²) in [5.74, 6) is 0.780. The molecule has 0 radical (unpaired) electrons. The van der Waals surface area contributed by atoms with Gasteiger partial charge in [0, 0.05) is 19.6 Å². The summed E-state index contributed by atoms with van der Waals surface area (Å²) in [6.07, 6.45) is 1.09. The predicted molar refractivity (Wildman–Crippen MR) is 96.4 cm³/mol. The first kappa shape index (κ1) is 17.3. The molecule has 0 unspecified atom stereocenters. The normalized spacial score (nSPS) is 16.7. The Bertz CT molecular complexity index is 735. The summed E-state index contributed by atoms with van der Waals surface area (Å²) in [6.45, 7) is 2.42. The number of halogens is 1. The van der Waals surface area contributed by atoms with E-state index in [1.165, 1.54) is 6.07 Å². The Hall–Kier alpha value is -2.56. The zero-order valence-electron chi connectivity index (χ0n) is 14.4. The Morgan fingerprint density at radius 2 is 2.00 bits per heavy atom. The first-order valence-corrected chi connectivity index (χ1v) is 8.55. The molecule has 0 aliphatic carbocycles. The van der Waals surface area contributed by atoms with Crippen molar-refractivity contribution in [2.24, 2.45) is 5.92 Å². The van der Waals surface area contributed by atoms with Crippen molar-refractivity contribution in [1.82, 2.24) is 5.32 Å². The van der Waals surface area contributed by atoms with Crippen molar-refractivity contribution in [3.63, 3.8) is 0 Å². The molecule has 5 heteroatoms. The molecule has 1 aliphatic heterocycles. The van der Waals surface area contributed by atoms with E-state index in [-0.39, 0.29) is 18.1 Å². The second-order valence-corrected chi connectivity index (χ2v) is 6.34. The summed E-state index contributed by atoms with van der Waals surface area (Å²) in [5, 5.41) is 2.94. The number of methoxy groups -OCH3 is 1. The van der Waals surface area contributed by atoms with Crippen molar-refractivity contribution in [2.75, 3.05) is 31.6 Å². The molecule has 25 heavy (non-hydrogen) atoms. The summed E-state index contributed by atoms with van der Waals surface area (Å²) < 4.78 is 19.0. The lowest BCUT2D eigenvalue weighted by molar-refractivity contribution is -0.120. The van der Waals surface area contributed by atoms with Crippen molar-refractivity contribution < 1.29 is 13.9 Å². The van der Waals surface area contributed by atoms with Crippen LogP contribution >= 0.6 is 0 Å². The summed E-state index contributed by atoms with van der Waals surface area (Å²) in [4.78, 5) is 14.3. The molecule has 1 aliphatic rings. The van der Waals surface area contributed by atoms with Crippen LogP contribution in [-0.2, 0) is 11.2 Å². The molecule has 2 aromatic rings. The molecule has 0 saturated carbocycles. The predicted octanol–water partition coefficient (Wildman–Crippen LogP) is 3.02. The number of nitrogens with one attached hydrogen (secondary N) is 1. The number of benzene rings is 2. The molecule has 132 valence electrons. The van der Waals surface area contributed by atoms with Crippen LogP contribution in [0.1, 0.15) is 12.0 Å². The zero-order chi connectivity index (χ0) is 17.6. The zero-order valence-corrected chi connectivity index (χ0v) is 14.4. The van der Waals surface area contributed by atoms with Crippen LogP contribution in [0, 0.1) is 11.7 Å². The SMILES string of the molecule is COc1ccccc1N1CC[C@H](CNC(=O)Cc2ccccc2F)C1. The third-order valence-corrected chi connectivity index (χ3v) is 4.61. The number of carbonyl (C=O) groups is 1.